The third kappa shape index (κ3) is 6.77. The number of sulfonamides is 1. The lowest BCUT2D eigenvalue weighted by Crippen LogP contribution is -2.48. The average Bonchev–Trinajstić information content (AvgIpc) is 2.99. The molecule has 2 heterocycles. The molecule has 5 rings (SSSR count). The molecular formula is C30H34N2O9S. The van der Waals surface area contributed by atoms with Crippen LogP contribution in [0.3, 0.4) is 0 Å². The Kier molecular flexibility index (Phi) is 9.59. The highest BCUT2D eigenvalue weighted by molar-refractivity contribution is 7.92. The van der Waals surface area contributed by atoms with E-state index in [2.05, 4.69) is 17.0 Å². The third-order valence-electron chi connectivity index (χ3n) is 7.20. The van der Waals surface area contributed by atoms with Gasteiger partial charge in [-0.15, -0.1) is 0 Å². The molecule has 2 aliphatic heterocycles. The Balaban J connectivity index is 0.000000612. The van der Waals surface area contributed by atoms with Crippen molar-refractivity contribution in [2.24, 2.45) is 0 Å². The SMILES string of the molecule is COc1cc2c(cc1OC)CN(CCC1COc3ccccc3N1S(=O)(=O)c1ccc(C)cc1)CC2.O=C(O)C(=O)O. The lowest BCUT2D eigenvalue weighted by atomic mass is 9.98. The summed E-state index contributed by atoms with van der Waals surface area (Å²) in [4.78, 5) is 20.9. The average molecular weight is 599 g/mol. The van der Waals surface area contributed by atoms with Crippen LogP contribution in [0.5, 0.6) is 17.2 Å². The first-order chi connectivity index (χ1) is 20.0. The molecule has 0 bridgehead atoms. The molecule has 0 saturated heterocycles. The van der Waals surface area contributed by atoms with Gasteiger partial charge in [0.25, 0.3) is 10.0 Å². The minimum Gasteiger partial charge on any atom is -0.493 e. The molecule has 224 valence electrons. The molecule has 11 nitrogen and oxygen atoms in total. The molecule has 0 aromatic heterocycles. The third-order valence-corrected chi connectivity index (χ3v) is 9.08. The van der Waals surface area contributed by atoms with Gasteiger partial charge in [0.2, 0.25) is 0 Å². The fourth-order valence-corrected chi connectivity index (χ4v) is 6.70. The second-order valence-corrected chi connectivity index (χ2v) is 11.8. The van der Waals surface area contributed by atoms with E-state index < -0.39 is 22.0 Å². The van der Waals surface area contributed by atoms with Gasteiger partial charge in [-0.05, 0) is 67.3 Å². The Bertz CT molecular complexity index is 1530. The number of benzene rings is 3. The van der Waals surface area contributed by atoms with E-state index in [0.717, 1.165) is 43.1 Å². The summed E-state index contributed by atoms with van der Waals surface area (Å²) in [6, 6.07) is 18.2. The van der Waals surface area contributed by atoms with Gasteiger partial charge >= 0.3 is 11.9 Å². The van der Waals surface area contributed by atoms with Crippen LogP contribution in [0.15, 0.2) is 65.6 Å². The highest BCUT2D eigenvalue weighted by Crippen LogP contribution is 2.39. The fraction of sp³-hybridized carbons (Fsp3) is 0.333. The largest absolute Gasteiger partial charge is 0.493 e. The number of fused-ring (bicyclic) bond motifs is 2. The number of anilines is 1. The second-order valence-electron chi connectivity index (χ2n) is 9.95. The first-order valence-electron chi connectivity index (χ1n) is 13.3. The normalized spacial score (nSPS) is 16.2. The maximum absolute atomic E-state index is 13.8. The van der Waals surface area contributed by atoms with Crippen LogP contribution in [-0.4, -0.2) is 75.4 Å². The molecule has 2 aliphatic rings. The molecule has 0 radical (unpaired) electrons. The Morgan fingerprint density at radius 2 is 1.57 bits per heavy atom. The highest BCUT2D eigenvalue weighted by atomic mass is 32.2. The van der Waals surface area contributed by atoms with Crippen LogP contribution in [-0.2, 0) is 32.6 Å². The van der Waals surface area contributed by atoms with Crippen molar-refractivity contribution in [2.45, 2.75) is 37.2 Å². The zero-order valence-corrected chi connectivity index (χ0v) is 24.5. The first kappa shape index (κ1) is 30.7. The first-order valence-corrected chi connectivity index (χ1v) is 14.7. The molecule has 0 aliphatic carbocycles. The van der Waals surface area contributed by atoms with E-state index in [-0.39, 0.29) is 6.04 Å². The van der Waals surface area contributed by atoms with Gasteiger partial charge in [-0.25, -0.2) is 18.0 Å². The fourth-order valence-electron chi connectivity index (χ4n) is 5.03. The number of carboxylic acids is 2. The summed E-state index contributed by atoms with van der Waals surface area (Å²) in [7, 11) is -0.455. The summed E-state index contributed by atoms with van der Waals surface area (Å²) in [5, 5.41) is 14.8. The van der Waals surface area contributed by atoms with E-state index in [0.29, 0.717) is 29.4 Å². The lowest BCUT2D eigenvalue weighted by Gasteiger charge is -2.39. The molecule has 1 atom stereocenters. The van der Waals surface area contributed by atoms with Gasteiger partial charge in [-0.2, -0.15) is 0 Å². The maximum Gasteiger partial charge on any atom is 0.414 e. The highest BCUT2D eigenvalue weighted by Gasteiger charge is 2.37. The zero-order valence-electron chi connectivity index (χ0n) is 23.6. The second kappa shape index (κ2) is 13.1. The minimum absolute atomic E-state index is 0.294. The molecule has 0 fully saturated rings. The number of rotatable bonds is 7. The van der Waals surface area contributed by atoms with Crippen molar-refractivity contribution < 1.29 is 42.4 Å². The number of hydrogen-bond donors (Lipinski definition) is 2. The van der Waals surface area contributed by atoms with Crippen LogP contribution in [0.25, 0.3) is 0 Å². The number of carboxylic acid groups (broad SMARTS) is 2. The van der Waals surface area contributed by atoms with E-state index in [4.69, 9.17) is 34.0 Å². The standard InChI is InChI=1S/C28H32N2O5S.C2H2O4/c1-20-8-10-24(11-9-20)36(31,32)30-23(19-35-26-7-5-4-6-25(26)30)13-15-29-14-12-21-16-27(33-2)28(34-3)17-22(21)18-29;3-1(4)2(5)6/h4-11,16-17,23H,12-15,18-19H2,1-3H3;(H,3,4)(H,5,6). The Labute approximate surface area is 244 Å². The summed E-state index contributed by atoms with van der Waals surface area (Å²) in [5.41, 5.74) is 4.10. The molecule has 0 amide bonds. The molecule has 1 unspecified atom stereocenters. The van der Waals surface area contributed by atoms with Crippen molar-refractivity contribution in [3.63, 3.8) is 0 Å². The number of hydrogen-bond acceptors (Lipinski definition) is 8. The molecule has 0 saturated carbocycles. The van der Waals surface area contributed by atoms with Gasteiger partial charge in [0.1, 0.15) is 12.4 Å². The summed E-state index contributed by atoms with van der Waals surface area (Å²) in [6.07, 6.45) is 1.56. The van der Waals surface area contributed by atoms with Gasteiger partial charge in [0.15, 0.2) is 11.5 Å². The topological polar surface area (TPSA) is 143 Å². The van der Waals surface area contributed by atoms with E-state index in [1.807, 2.05) is 43.3 Å². The maximum atomic E-state index is 13.8. The van der Waals surface area contributed by atoms with E-state index in [1.165, 1.54) is 11.1 Å². The number of methoxy groups -OCH3 is 2. The van der Waals surface area contributed by atoms with Crippen LogP contribution in [0.2, 0.25) is 0 Å². The number of para-hydroxylation sites is 2. The van der Waals surface area contributed by atoms with Crippen LogP contribution < -0.4 is 18.5 Å². The zero-order chi connectivity index (χ0) is 30.4. The molecule has 2 N–H and O–H groups in total. The molecule has 3 aromatic rings. The predicted octanol–water partition coefficient (Wildman–Crippen LogP) is 3.57. The van der Waals surface area contributed by atoms with E-state index in [9.17, 15) is 8.42 Å². The number of ether oxygens (including phenoxy) is 3. The minimum atomic E-state index is -3.76. The van der Waals surface area contributed by atoms with Crippen molar-refractivity contribution in [3.05, 3.63) is 77.4 Å². The van der Waals surface area contributed by atoms with Gasteiger partial charge in [0, 0.05) is 19.6 Å². The monoisotopic (exact) mass is 598 g/mol. The number of aryl methyl sites for hydroxylation is 1. The summed E-state index contributed by atoms with van der Waals surface area (Å²) >= 11 is 0. The molecule has 12 heteroatoms. The van der Waals surface area contributed by atoms with E-state index >= 15 is 0 Å². The Hall–Kier alpha value is -4.29. The summed E-state index contributed by atoms with van der Waals surface area (Å²) in [5.74, 6) is -1.58. The molecule has 3 aromatic carbocycles. The van der Waals surface area contributed by atoms with Crippen LogP contribution in [0.4, 0.5) is 5.69 Å². The van der Waals surface area contributed by atoms with Crippen molar-refractivity contribution in [1.29, 1.82) is 0 Å². The van der Waals surface area contributed by atoms with Crippen LogP contribution in [0.1, 0.15) is 23.1 Å². The lowest BCUT2D eigenvalue weighted by molar-refractivity contribution is -0.159. The van der Waals surface area contributed by atoms with E-state index in [1.54, 1.807) is 30.7 Å². The van der Waals surface area contributed by atoms with Crippen molar-refractivity contribution in [2.75, 3.05) is 38.2 Å². The number of aliphatic carboxylic acids is 2. The summed E-state index contributed by atoms with van der Waals surface area (Å²) in [6.45, 7) is 4.70. The number of nitrogens with zero attached hydrogens (tertiary/aromatic N) is 2. The smallest absolute Gasteiger partial charge is 0.414 e. The van der Waals surface area contributed by atoms with Gasteiger partial charge in [-0.3, -0.25) is 9.21 Å². The van der Waals surface area contributed by atoms with Crippen molar-refractivity contribution in [1.82, 2.24) is 4.90 Å². The van der Waals surface area contributed by atoms with Gasteiger partial charge < -0.3 is 24.4 Å². The molecule has 0 spiro atoms. The quantitative estimate of drug-likeness (QED) is 0.388. The summed E-state index contributed by atoms with van der Waals surface area (Å²) < 4.78 is 46.2. The van der Waals surface area contributed by atoms with Gasteiger partial charge in [-0.1, -0.05) is 29.8 Å². The van der Waals surface area contributed by atoms with Crippen LogP contribution >= 0.6 is 0 Å². The van der Waals surface area contributed by atoms with Crippen molar-refractivity contribution in [3.8, 4) is 17.2 Å². The molecular weight excluding hydrogens is 564 g/mol. The number of carbonyl (C=O) groups is 2. The predicted molar refractivity (Wildman–Crippen MR) is 155 cm³/mol. The van der Waals surface area contributed by atoms with Crippen LogP contribution in [0, 0.1) is 6.92 Å². The Morgan fingerprint density at radius 3 is 2.19 bits per heavy atom. The van der Waals surface area contributed by atoms with Crippen molar-refractivity contribution >= 4 is 27.6 Å². The Morgan fingerprint density at radius 1 is 0.952 bits per heavy atom. The molecule has 42 heavy (non-hydrogen) atoms. The van der Waals surface area contributed by atoms with Gasteiger partial charge in [0.05, 0.1) is 30.8 Å².